The van der Waals surface area contributed by atoms with Gasteiger partial charge in [-0.05, 0) is 50.6 Å². The van der Waals surface area contributed by atoms with Gasteiger partial charge in [-0.2, -0.15) is 0 Å². The predicted octanol–water partition coefficient (Wildman–Crippen LogP) is 3.44. The van der Waals surface area contributed by atoms with Gasteiger partial charge in [-0.1, -0.05) is 0 Å². The van der Waals surface area contributed by atoms with Crippen LogP contribution in [0.3, 0.4) is 0 Å². The minimum absolute atomic E-state index is 0.591. The average molecular weight is 296 g/mol. The summed E-state index contributed by atoms with van der Waals surface area (Å²) < 4.78 is 11.0. The molecule has 4 nitrogen and oxygen atoms in total. The summed E-state index contributed by atoms with van der Waals surface area (Å²) in [5.41, 5.74) is -0.645. The summed E-state index contributed by atoms with van der Waals surface area (Å²) in [5.74, 6) is 1.76. The average Bonchev–Trinajstić information content (AvgIpc) is 2.43. The fourth-order valence-electron chi connectivity index (χ4n) is 1.92. The maximum Gasteiger partial charge on any atom is 0.309 e. The Hall–Kier alpha value is -1.36. The Kier molecular flexibility index (Phi) is 4.81. The molecule has 110 valence electrons. The molecule has 0 radical (unpaired) electrons. The second-order valence-electron chi connectivity index (χ2n) is 5.45. The van der Waals surface area contributed by atoms with Gasteiger partial charge in [0.05, 0.1) is 5.41 Å². The molecule has 0 saturated carbocycles. The summed E-state index contributed by atoms with van der Waals surface area (Å²) in [6, 6.07) is 5.93. The Labute approximate surface area is 123 Å². The number of carbonyl (C=O) groups is 1. The summed E-state index contributed by atoms with van der Waals surface area (Å²) in [4.78, 5) is 12.1. The first-order valence-corrected chi connectivity index (χ1v) is 7.73. The van der Waals surface area contributed by atoms with Crippen molar-refractivity contribution in [2.24, 2.45) is 5.41 Å². The molecule has 20 heavy (non-hydrogen) atoms. The van der Waals surface area contributed by atoms with E-state index in [1.807, 2.05) is 18.2 Å². The van der Waals surface area contributed by atoms with Gasteiger partial charge in [0.25, 0.3) is 0 Å². The Morgan fingerprint density at radius 2 is 2.00 bits per heavy atom. The zero-order chi connectivity index (χ0) is 14.6. The minimum Gasteiger partial charge on any atom is -0.486 e. The highest BCUT2D eigenvalue weighted by atomic mass is 32.2. The Bertz CT molecular complexity index is 485. The number of thioether (sulfide) groups is 1. The van der Waals surface area contributed by atoms with Crippen LogP contribution >= 0.6 is 11.8 Å². The summed E-state index contributed by atoms with van der Waals surface area (Å²) in [6.45, 7) is 4.73. The third-order valence-electron chi connectivity index (χ3n) is 3.31. The van der Waals surface area contributed by atoms with E-state index < -0.39 is 11.4 Å². The lowest BCUT2D eigenvalue weighted by molar-refractivity contribution is -0.147. The van der Waals surface area contributed by atoms with E-state index in [0.717, 1.165) is 28.6 Å². The van der Waals surface area contributed by atoms with E-state index in [4.69, 9.17) is 14.6 Å². The molecule has 1 aromatic rings. The van der Waals surface area contributed by atoms with Crippen molar-refractivity contribution in [1.29, 1.82) is 0 Å². The Morgan fingerprint density at radius 3 is 2.70 bits per heavy atom. The van der Waals surface area contributed by atoms with Gasteiger partial charge in [-0.25, -0.2) is 0 Å². The Balaban J connectivity index is 1.81. The highest BCUT2D eigenvalue weighted by molar-refractivity contribution is 7.99. The van der Waals surface area contributed by atoms with Crippen molar-refractivity contribution in [3.8, 4) is 11.5 Å². The van der Waals surface area contributed by atoms with E-state index in [2.05, 4.69) is 0 Å². The number of rotatable bonds is 6. The van der Waals surface area contributed by atoms with Gasteiger partial charge in [-0.3, -0.25) is 4.79 Å². The number of carboxylic acids is 1. The topological polar surface area (TPSA) is 55.8 Å². The number of hydrogen-bond acceptors (Lipinski definition) is 4. The lowest BCUT2D eigenvalue weighted by Gasteiger charge is -2.19. The first-order valence-electron chi connectivity index (χ1n) is 6.75. The molecule has 5 heteroatoms. The molecule has 0 fully saturated rings. The van der Waals surface area contributed by atoms with Gasteiger partial charge >= 0.3 is 5.97 Å². The fourth-order valence-corrected chi connectivity index (χ4v) is 2.80. The Morgan fingerprint density at radius 1 is 1.30 bits per heavy atom. The molecule has 1 heterocycles. The zero-order valence-corrected chi connectivity index (χ0v) is 12.7. The number of ether oxygens (including phenoxy) is 2. The standard InChI is InChI=1S/C15H20O4S/c1-15(2,14(16)17)6-3-9-20-11-4-5-12-13(10-11)19-8-7-18-12/h4-5,10H,3,6-9H2,1-2H3,(H,16,17). The van der Waals surface area contributed by atoms with Crippen molar-refractivity contribution in [1.82, 2.24) is 0 Å². The lowest BCUT2D eigenvalue weighted by atomic mass is 9.88. The summed E-state index contributed by atoms with van der Waals surface area (Å²) in [5, 5.41) is 9.05. The molecule has 1 aliphatic heterocycles. The first-order chi connectivity index (χ1) is 9.49. The largest absolute Gasteiger partial charge is 0.486 e. The van der Waals surface area contributed by atoms with Gasteiger partial charge < -0.3 is 14.6 Å². The molecular formula is C15H20O4S. The molecule has 0 aromatic heterocycles. The summed E-state index contributed by atoms with van der Waals surface area (Å²) in [6.07, 6.45) is 1.55. The van der Waals surface area contributed by atoms with Crippen LogP contribution in [-0.2, 0) is 4.79 Å². The predicted molar refractivity (Wildman–Crippen MR) is 78.8 cm³/mol. The quantitative estimate of drug-likeness (QED) is 0.643. The van der Waals surface area contributed by atoms with E-state index in [9.17, 15) is 4.79 Å². The van der Waals surface area contributed by atoms with Crippen LogP contribution in [0.4, 0.5) is 0 Å². The molecular weight excluding hydrogens is 276 g/mol. The van der Waals surface area contributed by atoms with Crippen molar-refractivity contribution in [3.05, 3.63) is 18.2 Å². The SMILES string of the molecule is CC(C)(CCCSc1ccc2c(c1)OCCO2)C(=O)O. The molecule has 0 atom stereocenters. The molecule has 0 saturated heterocycles. The third-order valence-corrected chi connectivity index (χ3v) is 4.39. The maximum atomic E-state index is 11.0. The van der Waals surface area contributed by atoms with Crippen LogP contribution in [0, 0.1) is 5.41 Å². The second-order valence-corrected chi connectivity index (χ2v) is 6.61. The molecule has 1 N–H and O–H groups in total. The van der Waals surface area contributed by atoms with Crippen LogP contribution in [0.5, 0.6) is 11.5 Å². The normalized spacial score (nSPS) is 14.1. The van der Waals surface area contributed by atoms with Crippen LogP contribution in [0.1, 0.15) is 26.7 Å². The van der Waals surface area contributed by atoms with E-state index in [-0.39, 0.29) is 0 Å². The number of aliphatic carboxylic acids is 1. The maximum absolute atomic E-state index is 11.0. The van der Waals surface area contributed by atoms with Crippen molar-refractivity contribution in [3.63, 3.8) is 0 Å². The van der Waals surface area contributed by atoms with Crippen LogP contribution in [0.25, 0.3) is 0 Å². The molecule has 2 rings (SSSR count). The zero-order valence-electron chi connectivity index (χ0n) is 11.8. The fraction of sp³-hybridized carbons (Fsp3) is 0.533. The van der Waals surface area contributed by atoms with E-state index in [0.29, 0.717) is 19.6 Å². The number of fused-ring (bicyclic) bond motifs is 1. The smallest absolute Gasteiger partial charge is 0.309 e. The molecule has 1 aliphatic rings. The molecule has 0 unspecified atom stereocenters. The molecule has 0 spiro atoms. The monoisotopic (exact) mass is 296 g/mol. The van der Waals surface area contributed by atoms with Gasteiger partial charge in [0.2, 0.25) is 0 Å². The van der Waals surface area contributed by atoms with Crippen LogP contribution in [0.15, 0.2) is 23.1 Å². The molecule has 0 aliphatic carbocycles. The minimum atomic E-state index is -0.734. The molecule has 0 bridgehead atoms. The number of hydrogen-bond donors (Lipinski definition) is 1. The summed E-state index contributed by atoms with van der Waals surface area (Å²) in [7, 11) is 0. The molecule has 0 amide bonds. The van der Waals surface area contributed by atoms with Crippen molar-refractivity contribution in [2.75, 3.05) is 19.0 Å². The van der Waals surface area contributed by atoms with Gasteiger partial charge in [-0.15, -0.1) is 11.8 Å². The van der Waals surface area contributed by atoms with Gasteiger partial charge in [0, 0.05) is 4.90 Å². The number of benzene rings is 1. The van der Waals surface area contributed by atoms with Crippen LogP contribution in [0.2, 0.25) is 0 Å². The molecule has 1 aromatic carbocycles. The first kappa shape index (κ1) is 15.0. The second kappa shape index (κ2) is 6.39. The third kappa shape index (κ3) is 3.82. The van der Waals surface area contributed by atoms with Crippen molar-refractivity contribution >= 4 is 17.7 Å². The van der Waals surface area contributed by atoms with E-state index in [1.165, 1.54) is 0 Å². The van der Waals surface area contributed by atoms with Crippen molar-refractivity contribution in [2.45, 2.75) is 31.6 Å². The van der Waals surface area contributed by atoms with Crippen LogP contribution in [-0.4, -0.2) is 30.0 Å². The highest BCUT2D eigenvalue weighted by Crippen LogP contribution is 2.34. The summed E-state index contributed by atoms with van der Waals surface area (Å²) >= 11 is 1.72. The van der Waals surface area contributed by atoms with Gasteiger partial charge in [0.1, 0.15) is 13.2 Å². The number of carboxylic acid groups (broad SMARTS) is 1. The van der Waals surface area contributed by atoms with E-state index >= 15 is 0 Å². The lowest BCUT2D eigenvalue weighted by Crippen LogP contribution is -2.23. The van der Waals surface area contributed by atoms with Gasteiger partial charge in [0.15, 0.2) is 11.5 Å². The van der Waals surface area contributed by atoms with E-state index in [1.54, 1.807) is 25.6 Å². The highest BCUT2D eigenvalue weighted by Gasteiger charge is 2.26. The van der Waals surface area contributed by atoms with Crippen LogP contribution < -0.4 is 9.47 Å². The van der Waals surface area contributed by atoms with Crippen molar-refractivity contribution < 1.29 is 19.4 Å².